The van der Waals surface area contributed by atoms with Crippen LogP contribution in [0, 0.1) is 0 Å². The van der Waals surface area contributed by atoms with Crippen LogP contribution in [-0.4, -0.2) is 67.2 Å². The van der Waals surface area contributed by atoms with Crippen molar-refractivity contribution in [2.24, 2.45) is 0 Å². The maximum atomic E-state index is 12.2. The van der Waals surface area contributed by atoms with Gasteiger partial charge in [-0.3, -0.25) is 9.69 Å². The minimum absolute atomic E-state index is 0.143. The van der Waals surface area contributed by atoms with Gasteiger partial charge in [0, 0.05) is 52.2 Å². The van der Waals surface area contributed by atoms with Crippen molar-refractivity contribution in [3.05, 3.63) is 53.9 Å². The molecular weight excluding hydrogens is 330 g/mol. The number of ether oxygens (including phenoxy) is 1. The molecule has 0 bridgehead atoms. The maximum Gasteiger partial charge on any atom is 0.254 e. The van der Waals surface area contributed by atoms with Gasteiger partial charge in [0.15, 0.2) is 0 Å². The Morgan fingerprint density at radius 1 is 1.19 bits per heavy atom. The molecule has 1 fully saturated rings. The highest BCUT2D eigenvalue weighted by atomic mass is 16.5. The summed E-state index contributed by atoms with van der Waals surface area (Å²) in [5, 5.41) is 2.92. The van der Waals surface area contributed by atoms with Crippen molar-refractivity contribution in [2.45, 2.75) is 6.54 Å². The molecule has 1 aromatic heterocycles. The monoisotopic (exact) mass is 355 g/mol. The van der Waals surface area contributed by atoms with Crippen molar-refractivity contribution >= 4 is 11.9 Å². The maximum absolute atomic E-state index is 12.2. The molecule has 7 nitrogen and oxygen atoms in total. The molecule has 1 saturated heterocycles. The van der Waals surface area contributed by atoms with Crippen molar-refractivity contribution in [1.29, 1.82) is 0 Å². The summed E-state index contributed by atoms with van der Waals surface area (Å²) in [5.74, 6) is 0.453. The van der Waals surface area contributed by atoms with Gasteiger partial charge in [0.05, 0.1) is 18.8 Å². The molecule has 2 aromatic rings. The number of carbonyl (C=O) groups excluding carboxylic acids is 1. The fourth-order valence-electron chi connectivity index (χ4n) is 2.82. The predicted molar refractivity (Wildman–Crippen MR) is 100 cm³/mol. The quantitative estimate of drug-likeness (QED) is 0.804. The number of rotatable bonds is 7. The van der Waals surface area contributed by atoms with Gasteiger partial charge in [-0.05, 0) is 5.56 Å². The van der Waals surface area contributed by atoms with Crippen molar-refractivity contribution in [2.75, 3.05) is 51.3 Å². The third kappa shape index (κ3) is 5.24. The Labute approximate surface area is 154 Å². The number of hydrogen-bond donors (Lipinski definition) is 1. The zero-order valence-corrected chi connectivity index (χ0v) is 15.1. The molecule has 26 heavy (non-hydrogen) atoms. The van der Waals surface area contributed by atoms with Crippen LogP contribution < -0.4 is 10.2 Å². The lowest BCUT2D eigenvalue weighted by atomic mass is 10.2. The van der Waals surface area contributed by atoms with Gasteiger partial charge in [-0.15, -0.1) is 0 Å². The highest BCUT2D eigenvalue weighted by Gasteiger charge is 2.12. The number of hydrogen-bond acceptors (Lipinski definition) is 6. The SMILES string of the molecule is CN(Cc1ccccc1)c1ncc(C(=O)NCCN2CCOCC2)cn1. The summed E-state index contributed by atoms with van der Waals surface area (Å²) in [5.41, 5.74) is 1.66. The summed E-state index contributed by atoms with van der Waals surface area (Å²) in [6.45, 7) is 5.51. The number of aromatic nitrogens is 2. The summed E-state index contributed by atoms with van der Waals surface area (Å²) < 4.78 is 5.31. The molecule has 2 heterocycles. The topological polar surface area (TPSA) is 70.6 Å². The largest absolute Gasteiger partial charge is 0.379 e. The van der Waals surface area contributed by atoms with Crippen molar-refractivity contribution in [3.63, 3.8) is 0 Å². The van der Waals surface area contributed by atoms with Crippen LogP contribution in [0.1, 0.15) is 15.9 Å². The number of nitrogens with zero attached hydrogens (tertiary/aromatic N) is 4. The Bertz CT molecular complexity index is 687. The molecule has 1 aromatic carbocycles. The van der Waals surface area contributed by atoms with E-state index in [9.17, 15) is 4.79 Å². The minimum atomic E-state index is -0.143. The van der Waals surface area contributed by atoms with Gasteiger partial charge in [0.25, 0.3) is 5.91 Å². The van der Waals surface area contributed by atoms with Gasteiger partial charge in [0.2, 0.25) is 5.95 Å². The normalized spacial score (nSPS) is 14.8. The van der Waals surface area contributed by atoms with Gasteiger partial charge >= 0.3 is 0 Å². The summed E-state index contributed by atoms with van der Waals surface area (Å²) >= 11 is 0. The summed E-state index contributed by atoms with van der Waals surface area (Å²) in [6.07, 6.45) is 3.15. The van der Waals surface area contributed by atoms with E-state index in [1.165, 1.54) is 5.56 Å². The Kier molecular flexibility index (Phi) is 6.51. The lowest BCUT2D eigenvalue weighted by molar-refractivity contribution is 0.0383. The summed E-state index contributed by atoms with van der Waals surface area (Å²) in [7, 11) is 1.93. The second-order valence-electron chi connectivity index (χ2n) is 6.32. The fraction of sp³-hybridized carbons (Fsp3) is 0.421. The zero-order valence-electron chi connectivity index (χ0n) is 15.1. The first kappa shape index (κ1) is 18.3. The predicted octanol–water partition coefficient (Wildman–Crippen LogP) is 1.17. The van der Waals surface area contributed by atoms with Crippen molar-refractivity contribution < 1.29 is 9.53 Å². The second-order valence-corrected chi connectivity index (χ2v) is 6.32. The first-order chi connectivity index (χ1) is 12.7. The molecule has 138 valence electrons. The van der Waals surface area contributed by atoms with Crippen LogP contribution in [0.5, 0.6) is 0 Å². The molecule has 1 amide bonds. The van der Waals surface area contributed by atoms with E-state index in [1.54, 1.807) is 12.4 Å². The Morgan fingerprint density at radius 2 is 1.88 bits per heavy atom. The number of morpholine rings is 1. The van der Waals surface area contributed by atoms with E-state index in [0.717, 1.165) is 32.8 Å². The van der Waals surface area contributed by atoms with Crippen LogP contribution in [0.2, 0.25) is 0 Å². The molecule has 3 rings (SSSR count). The van der Waals surface area contributed by atoms with Gasteiger partial charge in [-0.1, -0.05) is 30.3 Å². The van der Waals surface area contributed by atoms with Crippen LogP contribution in [0.15, 0.2) is 42.7 Å². The Morgan fingerprint density at radius 3 is 2.58 bits per heavy atom. The molecule has 1 N–H and O–H groups in total. The van der Waals surface area contributed by atoms with E-state index < -0.39 is 0 Å². The Hall–Kier alpha value is -2.51. The summed E-state index contributed by atoms with van der Waals surface area (Å²) in [6, 6.07) is 10.1. The molecule has 7 heteroatoms. The number of nitrogens with one attached hydrogen (secondary N) is 1. The van der Waals surface area contributed by atoms with Gasteiger partial charge in [0.1, 0.15) is 0 Å². The van der Waals surface area contributed by atoms with Crippen molar-refractivity contribution in [1.82, 2.24) is 20.2 Å². The van der Waals surface area contributed by atoms with E-state index in [2.05, 4.69) is 32.3 Å². The average Bonchev–Trinajstić information content (AvgIpc) is 2.69. The highest BCUT2D eigenvalue weighted by molar-refractivity contribution is 5.93. The lowest BCUT2D eigenvalue weighted by Gasteiger charge is -2.26. The molecule has 0 atom stereocenters. The average molecular weight is 355 g/mol. The molecule has 0 radical (unpaired) electrons. The number of anilines is 1. The first-order valence-electron chi connectivity index (χ1n) is 8.88. The van der Waals surface area contributed by atoms with Gasteiger partial charge in [-0.2, -0.15) is 0 Å². The van der Waals surface area contributed by atoms with E-state index in [0.29, 0.717) is 24.6 Å². The second kappa shape index (κ2) is 9.26. The zero-order chi connectivity index (χ0) is 18.2. The Balaban J connectivity index is 1.47. The van der Waals surface area contributed by atoms with Crippen LogP contribution >= 0.6 is 0 Å². The molecule has 0 unspecified atom stereocenters. The first-order valence-corrected chi connectivity index (χ1v) is 8.88. The molecule has 1 aliphatic rings. The molecule has 0 saturated carbocycles. The van der Waals surface area contributed by atoms with Crippen LogP contribution in [0.25, 0.3) is 0 Å². The van der Waals surface area contributed by atoms with E-state index >= 15 is 0 Å². The van der Waals surface area contributed by atoms with Crippen LogP contribution in [0.3, 0.4) is 0 Å². The van der Waals surface area contributed by atoms with E-state index in [-0.39, 0.29) is 5.91 Å². The van der Waals surface area contributed by atoms with Crippen molar-refractivity contribution in [3.8, 4) is 0 Å². The van der Waals surface area contributed by atoms with Gasteiger partial charge in [-0.25, -0.2) is 9.97 Å². The number of amides is 1. The third-order valence-corrected chi connectivity index (χ3v) is 4.32. The summed E-state index contributed by atoms with van der Waals surface area (Å²) in [4.78, 5) is 25.1. The molecule has 0 spiro atoms. The van der Waals surface area contributed by atoms with Crippen LogP contribution in [0.4, 0.5) is 5.95 Å². The molecular formula is C19H25N5O2. The number of carbonyl (C=O) groups is 1. The third-order valence-electron chi connectivity index (χ3n) is 4.32. The standard InChI is InChI=1S/C19H25N5O2/c1-23(15-16-5-3-2-4-6-16)19-21-13-17(14-22-19)18(25)20-7-8-24-9-11-26-12-10-24/h2-6,13-14H,7-12,15H2,1H3,(H,20,25). The number of benzene rings is 1. The molecule has 1 aliphatic heterocycles. The minimum Gasteiger partial charge on any atom is -0.379 e. The van der Waals surface area contributed by atoms with E-state index in [4.69, 9.17) is 4.74 Å². The lowest BCUT2D eigenvalue weighted by Crippen LogP contribution is -2.41. The fourth-order valence-corrected chi connectivity index (χ4v) is 2.82. The van der Waals surface area contributed by atoms with Crippen LogP contribution in [-0.2, 0) is 11.3 Å². The smallest absolute Gasteiger partial charge is 0.254 e. The van der Waals surface area contributed by atoms with Gasteiger partial charge < -0.3 is 15.0 Å². The van der Waals surface area contributed by atoms with E-state index in [1.807, 2.05) is 30.1 Å². The molecule has 0 aliphatic carbocycles. The highest BCUT2D eigenvalue weighted by Crippen LogP contribution is 2.10.